The Morgan fingerprint density at radius 1 is 1.39 bits per heavy atom. The molecule has 1 aromatic rings. The monoisotopic (exact) mass is 256 g/mol. The highest BCUT2D eigenvalue weighted by Crippen LogP contribution is 2.41. The van der Waals surface area contributed by atoms with E-state index in [0.29, 0.717) is 12.0 Å². The normalized spacial score (nSPS) is 16.7. The number of hydrogen-bond acceptors (Lipinski definition) is 3. The third-order valence-corrected chi connectivity index (χ3v) is 2.42. The Kier molecular flexibility index (Phi) is 2.94. The molecule has 0 radical (unpaired) electrons. The third kappa shape index (κ3) is 2.42. The van der Waals surface area contributed by atoms with Crippen molar-refractivity contribution in [3.8, 4) is 11.5 Å². The average molecular weight is 256 g/mol. The quantitative estimate of drug-likeness (QED) is 0.845. The number of halogens is 2. The molecule has 4 nitrogen and oxygen atoms in total. The third-order valence-electron chi connectivity index (χ3n) is 2.42. The van der Waals surface area contributed by atoms with Gasteiger partial charge in [-0.15, -0.1) is 8.78 Å². The Balaban J connectivity index is 2.32. The predicted octanol–water partition coefficient (Wildman–Crippen LogP) is 2.89. The van der Waals surface area contributed by atoms with Crippen LogP contribution in [0.25, 0.3) is 6.08 Å². The summed E-state index contributed by atoms with van der Waals surface area (Å²) < 4.78 is 34.1. The number of carbonyl (C=O) groups is 1. The summed E-state index contributed by atoms with van der Waals surface area (Å²) in [4.78, 5) is 10.8. The van der Waals surface area contributed by atoms with Crippen LogP contribution in [0.1, 0.15) is 18.9 Å². The molecule has 6 heteroatoms. The minimum absolute atomic E-state index is 0.0643. The number of carboxylic acids is 1. The molecule has 0 spiro atoms. The van der Waals surface area contributed by atoms with E-state index in [4.69, 9.17) is 5.11 Å². The van der Waals surface area contributed by atoms with Crippen LogP contribution in [0.2, 0.25) is 0 Å². The van der Waals surface area contributed by atoms with E-state index in [1.54, 1.807) is 6.92 Å². The van der Waals surface area contributed by atoms with Gasteiger partial charge < -0.3 is 14.6 Å². The largest absolute Gasteiger partial charge is 0.586 e. The van der Waals surface area contributed by atoms with Crippen LogP contribution in [0.15, 0.2) is 23.8 Å². The molecular weight excluding hydrogens is 246 g/mol. The fourth-order valence-corrected chi connectivity index (χ4v) is 1.57. The van der Waals surface area contributed by atoms with Gasteiger partial charge >= 0.3 is 12.3 Å². The lowest BCUT2D eigenvalue weighted by atomic mass is 10.1. The highest BCUT2D eigenvalue weighted by atomic mass is 19.3. The van der Waals surface area contributed by atoms with Gasteiger partial charge in [-0.05, 0) is 30.2 Å². The highest BCUT2D eigenvalue weighted by molar-refractivity contribution is 5.92. The first-order chi connectivity index (χ1) is 8.41. The smallest absolute Gasteiger partial charge is 0.478 e. The molecule has 0 atom stereocenters. The van der Waals surface area contributed by atoms with E-state index in [-0.39, 0.29) is 17.1 Å². The molecule has 0 aromatic heterocycles. The van der Waals surface area contributed by atoms with Crippen LogP contribution in [0.3, 0.4) is 0 Å². The van der Waals surface area contributed by atoms with Gasteiger partial charge in [-0.3, -0.25) is 0 Å². The number of carboxylic acid groups (broad SMARTS) is 1. The Morgan fingerprint density at radius 3 is 2.67 bits per heavy atom. The molecule has 0 bridgehead atoms. The summed E-state index contributed by atoms with van der Waals surface area (Å²) >= 11 is 0. The zero-order valence-electron chi connectivity index (χ0n) is 9.44. The molecule has 1 N–H and O–H groups in total. The van der Waals surface area contributed by atoms with Crippen molar-refractivity contribution in [1.29, 1.82) is 0 Å². The second kappa shape index (κ2) is 4.29. The zero-order valence-corrected chi connectivity index (χ0v) is 9.44. The summed E-state index contributed by atoms with van der Waals surface area (Å²) in [5.74, 6) is -1.21. The summed E-state index contributed by atoms with van der Waals surface area (Å²) in [6.07, 6.45) is -1.92. The molecule has 1 aliphatic rings. The number of aliphatic carboxylic acids is 1. The summed E-state index contributed by atoms with van der Waals surface area (Å²) in [5, 5.41) is 8.87. The van der Waals surface area contributed by atoms with Gasteiger partial charge in [-0.1, -0.05) is 13.0 Å². The number of ether oxygens (including phenoxy) is 2. The molecule has 96 valence electrons. The van der Waals surface area contributed by atoms with Gasteiger partial charge in [-0.25, -0.2) is 4.79 Å². The van der Waals surface area contributed by atoms with Gasteiger partial charge in [0.15, 0.2) is 11.5 Å². The van der Waals surface area contributed by atoms with Crippen LogP contribution >= 0.6 is 0 Å². The van der Waals surface area contributed by atoms with Gasteiger partial charge in [0, 0.05) is 5.57 Å². The summed E-state index contributed by atoms with van der Waals surface area (Å²) in [7, 11) is 0. The Hall–Kier alpha value is -2.11. The molecule has 0 unspecified atom stereocenters. The maximum absolute atomic E-state index is 12.8. The maximum Gasteiger partial charge on any atom is 0.586 e. The molecular formula is C12H10F2O4. The van der Waals surface area contributed by atoms with E-state index < -0.39 is 12.3 Å². The lowest BCUT2D eigenvalue weighted by Gasteiger charge is -2.04. The average Bonchev–Trinajstić information content (AvgIpc) is 2.58. The molecule has 1 heterocycles. The van der Waals surface area contributed by atoms with Crippen LogP contribution in [-0.2, 0) is 4.79 Å². The van der Waals surface area contributed by atoms with E-state index in [2.05, 4.69) is 9.47 Å². The molecule has 2 rings (SSSR count). The van der Waals surface area contributed by atoms with Crippen molar-refractivity contribution in [2.24, 2.45) is 0 Å². The van der Waals surface area contributed by atoms with Crippen molar-refractivity contribution in [2.75, 3.05) is 0 Å². The lowest BCUT2D eigenvalue weighted by molar-refractivity contribution is -0.286. The summed E-state index contributed by atoms with van der Waals surface area (Å²) in [6.45, 7) is 1.70. The SMILES string of the molecule is CC/C(=C\c1ccc2c(c1)OC(F)(F)O2)C(=O)O. The topological polar surface area (TPSA) is 55.8 Å². The van der Waals surface area contributed by atoms with E-state index >= 15 is 0 Å². The highest BCUT2D eigenvalue weighted by Gasteiger charge is 2.43. The molecule has 1 aromatic carbocycles. The van der Waals surface area contributed by atoms with E-state index in [1.807, 2.05) is 0 Å². The second-order valence-electron chi connectivity index (χ2n) is 3.70. The Labute approximate surface area is 101 Å². The van der Waals surface area contributed by atoms with Crippen molar-refractivity contribution >= 4 is 12.0 Å². The van der Waals surface area contributed by atoms with Crippen LogP contribution in [-0.4, -0.2) is 17.4 Å². The van der Waals surface area contributed by atoms with Crippen LogP contribution < -0.4 is 9.47 Å². The van der Waals surface area contributed by atoms with E-state index in [1.165, 1.54) is 24.3 Å². The number of fused-ring (bicyclic) bond motifs is 1. The van der Waals surface area contributed by atoms with Crippen molar-refractivity contribution < 1.29 is 28.2 Å². The number of rotatable bonds is 3. The zero-order chi connectivity index (χ0) is 13.3. The molecule has 0 fully saturated rings. The van der Waals surface area contributed by atoms with Crippen molar-refractivity contribution in [2.45, 2.75) is 19.6 Å². The molecule has 0 saturated heterocycles. The van der Waals surface area contributed by atoms with Gasteiger partial charge in [0.05, 0.1) is 0 Å². The molecule has 0 amide bonds. The van der Waals surface area contributed by atoms with Crippen LogP contribution in [0.5, 0.6) is 11.5 Å². The van der Waals surface area contributed by atoms with Crippen LogP contribution in [0, 0.1) is 0 Å². The fourth-order valence-electron chi connectivity index (χ4n) is 1.57. The summed E-state index contributed by atoms with van der Waals surface area (Å²) in [5.41, 5.74) is 0.648. The molecule has 0 aliphatic carbocycles. The Morgan fingerprint density at radius 2 is 2.06 bits per heavy atom. The summed E-state index contributed by atoms with van der Waals surface area (Å²) in [6, 6.07) is 4.12. The number of alkyl halides is 2. The van der Waals surface area contributed by atoms with Crippen molar-refractivity contribution in [3.05, 3.63) is 29.3 Å². The van der Waals surface area contributed by atoms with Crippen molar-refractivity contribution in [3.63, 3.8) is 0 Å². The van der Waals surface area contributed by atoms with E-state index in [9.17, 15) is 13.6 Å². The molecule has 1 aliphatic heterocycles. The van der Waals surface area contributed by atoms with Gasteiger partial charge in [0.25, 0.3) is 0 Å². The second-order valence-corrected chi connectivity index (χ2v) is 3.70. The minimum Gasteiger partial charge on any atom is -0.478 e. The predicted molar refractivity (Wildman–Crippen MR) is 58.5 cm³/mol. The number of hydrogen-bond donors (Lipinski definition) is 1. The first-order valence-electron chi connectivity index (χ1n) is 5.25. The number of benzene rings is 1. The van der Waals surface area contributed by atoms with Crippen LogP contribution in [0.4, 0.5) is 8.78 Å². The maximum atomic E-state index is 12.8. The molecule has 18 heavy (non-hydrogen) atoms. The standard InChI is InChI=1S/C12H10F2O4/c1-2-8(11(15)16)5-7-3-4-9-10(6-7)18-12(13,14)17-9/h3-6H,2H2,1H3,(H,15,16)/b8-5+. The first-order valence-corrected chi connectivity index (χ1v) is 5.25. The van der Waals surface area contributed by atoms with Gasteiger partial charge in [0.2, 0.25) is 0 Å². The van der Waals surface area contributed by atoms with Crippen molar-refractivity contribution in [1.82, 2.24) is 0 Å². The fraction of sp³-hybridized carbons (Fsp3) is 0.250. The molecule has 0 saturated carbocycles. The Bertz CT molecular complexity index is 523. The van der Waals surface area contributed by atoms with E-state index in [0.717, 1.165) is 0 Å². The van der Waals surface area contributed by atoms with Gasteiger partial charge in [0.1, 0.15) is 0 Å². The van der Waals surface area contributed by atoms with Gasteiger partial charge in [-0.2, -0.15) is 0 Å². The first kappa shape index (κ1) is 12.3. The minimum atomic E-state index is -3.66. The lowest BCUT2D eigenvalue weighted by Crippen LogP contribution is -2.25.